The minimum atomic E-state index is -4.11. The van der Waals surface area contributed by atoms with Crippen molar-refractivity contribution in [2.24, 2.45) is 5.92 Å². The van der Waals surface area contributed by atoms with E-state index in [9.17, 15) is 17.6 Å². The molecule has 1 aliphatic rings. The van der Waals surface area contributed by atoms with E-state index in [2.05, 4.69) is 19.1 Å². The van der Waals surface area contributed by atoms with E-state index in [1.165, 1.54) is 62.6 Å². The molecule has 1 aliphatic carbocycles. The van der Waals surface area contributed by atoms with Crippen LogP contribution in [0.25, 0.3) is 11.1 Å². The monoisotopic (exact) mass is 392 g/mol. The Labute approximate surface area is 165 Å². The molecule has 0 amide bonds. The highest BCUT2D eigenvalue weighted by Gasteiger charge is 2.42. The van der Waals surface area contributed by atoms with Crippen molar-refractivity contribution in [2.75, 3.05) is 0 Å². The fraction of sp³-hybridized carbons (Fsp3) is 0.500. The lowest BCUT2D eigenvalue weighted by atomic mass is 9.77. The van der Waals surface area contributed by atoms with E-state index in [0.29, 0.717) is 5.92 Å². The molecule has 1 saturated carbocycles. The van der Waals surface area contributed by atoms with Crippen molar-refractivity contribution < 1.29 is 17.6 Å². The summed E-state index contributed by atoms with van der Waals surface area (Å²) in [6, 6.07) is 13.4. The second kappa shape index (κ2) is 9.11. The SMILES string of the molecule is CCCC[C@H]1CC[C@H](c2ccc(-c3ccc(C(F)(F)C(F)F)cc3)cc2)CC1. The topological polar surface area (TPSA) is 0 Å². The molecule has 0 bridgehead atoms. The van der Waals surface area contributed by atoms with Gasteiger partial charge >= 0.3 is 12.3 Å². The van der Waals surface area contributed by atoms with Gasteiger partial charge in [-0.05, 0) is 54.2 Å². The largest absolute Gasteiger partial charge is 0.332 e. The first-order chi connectivity index (χ1) is 13.4. The summed E-state index contributed by atoms with van der Waals surface area (Å²) in [4.78, 5) is 0. The average molecular weight is 392 g/mol. The van der Waals surface area contributed by atoms with Crippen molar-refractivity contribution in [3.63, 3.8) is 0 Å². The van der Waals surface area contributed by atoms with Crippen LogP contribution in [0.3, 0.4) is 0 Å². The summed E-state index contributed by atoms with van der Waals surface area (Å²) in [7, 11) is 0. The average Bonchev–Trinajstić information content (AvgIpc) is 2.73. The van der Waals surface area contributed by atoms with Crippen LogP contribution < -0.4 is 0 Å². The fourth-order valence-corrected chi connectivity index (χ4v) is 4.24. The molecular weight excluding hydrogens is 364 g/mol. The van der Waals surface area contributed by atoms with E-state index in [1.54, 1.807) is 0 Å². The van der Waals surface area contributed by atoms with Crippen LogP contribution >= 0.6 is 0 Å². The summed E-state index contributed by atoms with van der Waals surface area (Å²) in [5, 5.41) is 0. The predicted octanol–water partition coefficient (Wildman–Crippen LogP) is 8.17. The van der Waals surface area contributed by atoms with Gasteiger partial charge in [-0.25, -0.2) is 8.78 Å². The standard InChI is InChI=1S/C24H28F4/c1-2-3-4-17-5-7-18(8-6-17)19-9-11-20(12-10-19)21-13-15-22(16-14-21)24(27,28)23(25)26/h9-18,23H,2-8H2,1H3/t17-,18-. The zero-order valence-electron chi connectivity index (χ0n) is 16.3. The summed E-state index contributed by atoms with van der Waals surface area (Å²) >= 11 is 0. The van der Waals surface area contributed by atoms with E-state index >= 15 is 0 Å². The van der Waals surface area contributed by atoms with Gasteiger partial charge in [-0.1, -0.05) is 74.7 Å². The molecule has 3 rings (SSSR count). The molecule has 0 unspecified atom stereocenters. The van der Waals surface area contributed by atoms with Gasteiger partial charge in [0.1, 0.15) is 0 Å². The van der Waals surface area contributed by atoms with E-state index < -0.39 is 17.9 Å². The first kappa shape index (κ1) is 20.9. The summed E-state index contributed by atoms with van der Waals surface area (Å²) in [5.41, 5.74) is 2.34. The van der Waals surface area contributed by atoms with Gasteiger partial charge in [0.05, 0.1) is 0 Å². The molecule has 0 N–H and O–H groups in total. The molecule has 0 nitrogen and oxygen atoms in total. The van der Waals surface area contributed by atoms with Crippen LogP contribution in [0.4, 0.5) is 17.6 Å². The van der Waals surface area contributed by atoms with Crippen LogP contribution in [0.5, 0.6) is 0 Å². The van der Waals surface area contributed by atoms with E-state index in [0.717, 1.165) is 29.2 Å². The first-order valence-electron chi connectivity index (χ1n) is 10.3. The van der Waals surface area contributed by atoms with Gasteiger partial charge in [0.25, 0.3) is 0 Å². The smallest absolute Gasteiger partial charge is 0.203 e. The summed E-state index contributed by atoms with van der Waals surface area (Å²) in [6.07, 6.45) is 5.29. The Bertz CT molecular complexity index is 726. The first-order valence-corrected chi connectivity index (χ1v) is 10.3. The van der Waals surface area contributed by atoms with Gasteiger partial charge in [-0.15, -0.1) is 0 Å². The van der Waals surface area contributed by atoms with Crippen molar-refractivity contribution in [2.45, 2.75) is 70.1 Å². The molecule has 0 aliphatic heterocycles. The quantitative estimate of drug-likeness (QED) is 0.417. The second-order valence-corrected chi connectivity index (χ2v) is 7.98. The number of benzene rings is 2. The van der Waals surface area contributed by atoms with Crippen molar-refractivity contribution in [3.8, 4) is 11.1 Å². The van der Waals surface area contributed by atoms with E-state index in [1.807, 2.05) is 12.1 Å². The van der Waals surface area contributed by atoms with E-state index in [-0.39, 0.29) is 0 Å². The molecular formula is C24H28F4. The second-order valence-electron chi connectivity index (χ2n) is 7.98. The molecule has 4 heteroatoms. The van der Waals surface area contributed by atoms with Crippen LogP contribution in [-0.4, -0.2) is 6.43 Å². The summed E-state index contributed by atoms with van der Waals surface area (Å²) < 4.78 is 51.8. The molecule has 0 atom stereocenters. The van der Waals surface area contributed by atoms with Crippen LogP contribution in [0.15, 0.2) is 48.5 Å². The predicted molar refractivity (Wildman–Crippen MR) is 106 cm³/mol. The van der Waals surface area contributed by atoms with Crippen LogP contribution in [0.1, 0.15) is 68.9 Å². The lowest BCUT2D eigenvalue weighted by Crippen LogP contribution is -2.23. The van der Waals surface area contributed by atoms with Gasteiger partial charge < -0.3 is 0 Å². The normalized spacial score (nSPS) is 20.5. The Hall–Kier alpha value is -1.84. The number of halogens is 4. The summed E-state index contributed by atoms with van der Waals surface area (Å²) in [6.45, 7) is 2.24. The Kier molecular flexibility index (Phi) is 6.79. The van der Waals surface area contributed by atoms with Crippen molar-refractivity contribution in [1.82, 2.24) is 0 Å². The highest BCUT2D eigenvalue weighted by Crippen LogP contribution is 2.39. The van der Waals surface area contributed by atoms with Crippen LogP contribution in [0.2, 0.25) is 0 Å². The zero-order chi connectivity index (χ0) is 20.1. The maximum Gasteiger partial charge on any atom is 0.332 e. The lowest BCUT2D eigenvalue weighted by molar-refractivity contribution is -0.135. The van der Waals surface area contributed by atoms with Crippen LogP contribution in [0, 0.1) is 5.92 Å². The molecule has 28 heavy (non-hydrogen) atoms. The highest BCUT2D eigenvalue weighted by atomic mass is 19.3. The Balaban J connectivity index is 1.63. The molecule has 0 radical (unpaired) electrons. The highest BCUT2D eigenvalue weighted by molar-refractivity contribution is 5.64. The molecule has 2 aromatic carbocycles. The number of unbranched alkanes of at least 4 members (excludes halogenated alkanes) is 1. The third-order valence-corrected chi connectivity index (χ3v) is 6.07. The van der Waals surface area contributed by atoms with Gasteiger partial charge in [-0.2, -0.15) is 8.78 Å². The van der Waals surface area contributed by atoms with Crippen molar-refractivity contribution >= 4 is 0 Å². The number of hydrogen-bond acceptors (Lipinski definition) is 0. The van der Waals surface area contributed by atoms with E-state index in [4.69, 9.17) is 0 Å². The fourth-order valence-electron chi connectivity index (χ4n) is 4.24. The third-order valence-electron chi connectivity index (χ3n) is 6.07. The molecule has 152 valence electrons. The van der Waals surface area contributed by atoms with Gasteiger partial charge in [0.15, 0.2) is 0 Å². The maximum atomic E-state index is 13.4. The van der Waals surface area contributed by atoms with Gasteiger partial charge in [0.2, 0.25) is 0 Å². The van der Waals surface area contributed by atoms with Gasteiger partial charge in [0, 0.05) is 5.56 Å². The third kappa shape index (κ3) is 4.76. The van der Waals surface area contributed by atoms with Crippen LogP contribution in [-0.2, 0) is 5.92 Å². The summed E-state index contributed by atoms with van der Waals surface area (Å²) in [5.74, 6) is -2.64. The van der Waals surface area contributed by atoms with Gasteiger partial charge in [-0.3, -0.25) is 0 Å². The number of rotatable bonds is 7. The molecule has 2 aromatic rings. The molecule has 0 spiro atoms. The minimum Gasteiger partial charge on any atom is -0.203 e. The molecule has 1 fully saturated rings. The maximum absolute atomic E-state index is 13.4. The Morgan fingerprint density at radius 2 is 1.39 bits per heavy atom. The Morgan fingerprint density at radius 1 is 0.857 bits per heavy atom. The Morgan fingerprint density at radius 3 is 1.89 bits per heavy atom. The van der Waals surface area contributed by atoms with Crippen molar-refractivity contribution in [1.29, 1.82) is 0 Å². The number of hydrogen-bond donors (Lipinski definition) is 0. The number of alkyl halides is 4. The molecule has 0 saturated heterocycles. The minimum absolute atomic E-state index is 0.596. The molecule has 0 heterocycles. The zero-order valence-corrected chi connectivity index (χ0v) is 16.3. The molecule has 0 aromatic heterocycles. The lowest BCUT2D eigenvalue weighted by Gasteiger charge is -2.29. The van der Waals surface area contributed by atoms with Crippen molar-refractivity contribution in [3.05, 3.63) is 59.7 Å².